The molecular formula is C20H40N2. The van der Waals surface area contributed by atoms with E-state index in [0.29, 0.717) is 5.92 Å². The predicted molar refractivity (Wildman–Crippen MR) is 101 cm³/mol. The van der Waals surface area contributed by atoms with E-state index in [9.17, 15) is 0 Å². The van der Waals surface area contributed by atoms with Crippen molar-refractivity contribution in [3.63, 3.8) is 0 Å². The molecule has 0 aromatic carbocycles. The van der Waals surface area contributed by atoms with E-state index in [0.717, 1.165) is 13.1 Å². The molecule has 130 valence electrons. The van der Waals surface area contributed by atoms with Crippen molar-refractivity contribution in [2.45, 2.75) is 84.5 Å². The molecule has 0 aliphatic carbocycles. The van der Waals surface area contributed by atoms with Gasteiger partial charge in [0.25, 0.3) is 0 Å². The van der Waals surface area contributed by atoms with Crippen molar-refractivity contribution in [1.82, 2.24) is 0 Å². The fourth-order valence-corrected chi connectivity index (χ4v) is 2.80. The summed E-state index contributed by atoms with van der Waals surface area (Å²) in [6, 6.07) is 0. The van der Waals surface area contributed by atoms with Crippen LogP contribution in [0, 0.1) is 5.92 Å². The Morgan fingerprint density at radius 2 is 1.41 bits per heavy atom. The van der Waals surface area contributed by atoms with Crippen LogP contribution in [0.25, 0.3) is 0 Å². The minimum Gasteiger partial charge on any atom is -0.330 e. The van der Waals surface area contributed by atoms with Crippen LogP contribution >= 0.6 is 0 Å². The molecule has 0 saturated carbocycles. The summed E-state index contributed by atoms with van der Waals surface area (Å²) in [4.78, 5) is 0. The minimum atomic E-state index is 0.657. The van der Waals surface area contributed by atoms with Crippen LogP contribution in [-0.2, 0) is 0 Å². The maximum Gasteiger partial charge on any atom is -0.00773 e. The van der Waals surface area contributed by atoms with Gasteiger partial charge in [-0.2, -0.15) is 0 Å². The van der Waals surface area contributed by atoms with E-state index in [1.807, 2.05) is 0 Å². The Hall–Kier alpha value is -0.600. The van der Waals surface area contributed by atoms with Crippen LogP contribution in [0.4, 0.5) is 0 Å². The van der Waals surface area contributed by atoms with E-state index in [-0.39, 0.29) is 0 Å². The van der Waals surface area contributed by atoms with Crippen molar-refractivity contribution in [3.05, 3.63) is 23.8 Å². The highest BCUT2D eigenvalue weighted by atomic mass is 14.5. The largest absolute Gasteiger partial charge is 0.330 e. The van der Waals surface area contributed by atoms with Gasteiger partial charge in [-0.05, 0) is 71.4 Å². The van der Waals surface area contributed by atoms with Crippen LogP contribution < -0.4 is 11.5 Å². The van der Waals surface area contributed by atoms with E-state index in [1.165, 1.54) is 76.2 Å². The van der Waals surface area contributed by atoms with Crippen molar-refractivity contribution < 1.29 is 0 Å². The average molecular weight is 309 g/mol. The fourth-order valence-electron chi connectivity index (χ4n) is 2.80. The molecule has 0 saturated heterocycles. The molecular weight excluding hydrogens is 268 g/mol. The van der Waals surface area contributed by atoms with Gasteiger partial charge in [0.2, 0.25) is 0 Å². The number of hydrogen-bond donors (Lipinski definition) is 2. The lowest BCUT2D eigenvalue weighted by Gasteiger charge is -2.15. The van der Waals surface area contributed by atoms with Crippen molar-refractivity contribution in [2.24, 2.45) is 17.4 Å². The number of hydrogen-bond acceptors (Lipinski definition) is 2. The Labute approximate surface area is 139 Å². The van der Waals surface area contributed by atoms with Gasteiger partial charge >= 0.3 is 0 Å². The van der Waals surface area contributed by atoms with E-state index in [2.05, 4.69) is 26.5 Å². The van der Waals surface area contributed by atoms with Gasteiger partial charge in [0.05, 0.1) is 0 Å². The molecule has 0 aliphatic heterocycles. The highest BCUT2D eigenvalue weighted by Crippen LogP contribution is 2.23. The van der Waals surface area contributed by atoms with E-state index >= 15 is 0 Å². The molecule has 4 N–H and O–H groups in total. The normalized spacial score (nSPS) is 13.4. The summed E-state index contributed by atoms with van der Waals surface area (Å²) in [5.41, 5.74) is 13.9. The molecule has 1 atom stereocenters. The van der Waals surface area contributed by atoms with E-state index < -0.39 is 0 Å². The third-order valence-electron chi connectivity index (χ3n) is 4.48. The van der Waals surface area contributed by atoms with Gasteiger partial charge in [-0.15, -0.1) is 0 Å². The van der Waals surface area contributed by atoms with Crippen LogP contribution in [-0.4, -0.2) is 13.1 Å². The summed E-state index contributed by atoms with van der Waals surface area (Å²) in [5, 5.41) is 0. The van der Waals surface area contributed by atoms with E-state index in [1.54, 1.807) is 5.57 Å². The Morgan fingerprint density at radius 1 is 0.864 bits per heavy atom. The lowest BCUT2D eigenvalue weighted by molar-refractivity contribution is 0.510. The van der Waals surface area contributed by atoms with Gasteiger partial charge in [-0.1, -0.05) is 55.9 Å². The SMILES string of the molecule is C=C(C)C(CC=C(C)CCCCCCN)CCCCCCN. The average Bonchev–Trinajstić information content (AvgIpc) is 2.49. The van der Waals surface area contributed by atoms with Crippen LogP contribution in [0.5, 0.6) is 0 Å². The Kier molecular flexibility index (Phi) is 14.9. The molecule has 22 heavy (non-hydrogen) atoms. The predicted octanol–water partition coefficient (Wildman–Crippen LogP) is 5.33. The third kappa shape index (κ3) is 13.1. The van der Waals surface area contributed by atoms with E-state index in [4.69, 9.17) is 11.5 Å². The summed E-state index contributed by atoms with van der Waals surface area (Å²) >= 11 is 0. The van der Waals surface area contributed by atoms with Gasteiger partial charge in [0.15, 0.2) is 0 Å². The molecule has 2 nitrogen and oxygen atoms in total. The molecule has 1 unspecified atom stereocenters. The summed E-state index contributed by atoms with van der Waals surface area (Å²) in [7, 11) is 0. The smallest absolute Gasteiger partial charge is 0.00773 e. The Morgan fingerprint density at radius 3 is 1.95 bits per heavy atom. The lowest BCUT2D eigenvalue weighted by atomic mass is 9.90. The maximum atomic E-state index is 5.54. The topological polar surface area (TPSA) is 52.0 Å². The van der Waals surface area contributed by atoms with Crippen LogP contribution in [0.15, 0.2) is 23.8 Å². The molecule has 2 heteroatoms. The van der Waals surface area contributed by atoms with Crippen molar-refractivity contribution in [3.8, 4) is 0 Å². The Balaban J connectivity index is 3.90. The zero-order chi connectivity index (χ0) is 16.6. The number of nitrogens with two attached hydrogens (primary N) is 2. The highest BCUT2D eigenvalue weighted by Gasteiger charge is 2.08. The second-order valence-corrected chi connectivity index (χ2v) is 6.77. The number of allylic oxidation sites excluding steroid dienone is 3. The molecule has 0 radical (unpaired) electrons. The molecule has 0 aliphatic rings. The fraction of sp³-hybridized carbons (Fsp3) is 0.800. The molecule has 0 rings (SSSR count). The molecule has 0 spiro atoms. The molecule has 0 aromatic heterocycles. The first-order valence-corrected chi connectivity index (χ1v) is 9.33. The summed E-state index contributed by atoms with van der Waals surface area (Å²) in [6.45, 7) is 10.3. The highest BCUT2D eigenvalue weighted by molar-refractivity contribution is 5.04. The minimum absolute atomic E-state index is 0.657. The first kappa shape index (κ1) is 21.4. The number of rotatable bonds is 15. The monoisotopic (exact) mass is 308 g/mol. The quantitative estimate of drug-likeness (QED) is 0.317. The standard InChI is InChI=1S/C20H40N2/c1-18(2)20(13-9-5-7-11-17-22)15-14-19(3)12-8-4-6-10-16-21/h14,20H,1,4-13,15-17,21-22H2,2-3H3. The van der Waals surface area contributed by atoms with Crippen molar-refractivity contribution >= 4 is 0 Å². The third-order valence-corrected chi connectivity index (χ3v) is 4.48. The second-order valence-electron chi connectivity index (χ2n) is 6.77. The van der Waals surface area contributed by atoms with Gasteiger partial charge in [-0.25, -0.2) is 0 Å². The first-order valence-electron chi connectivity index (χ1n) is 9.33. The molecule has 0 bridgehead atoms. The van der Waals surface area contributed by atoms with Crippen molar-refractivity contribution in [2.75, 3.05) is 13.1 Å². The molecule has 0 amide bonds. The van der Waals surface area contributed by atoms with Gasteiger partial charge in [0.1, 0.15) is 0 Å². The van der Waals surface area contributed by atoms with Crippen molar-refractivity contribution in [1.29, 1.82) is 0 Å². The first-order chi connectivity index (χ1) is 10.6. The van der Waals surface area contributed by atoms with Crippen LogP contribution in [0.3, 0.4) is 0 Å². The summed E-state index contributed by atoms with van der Waals surface area (Å²) < 4.78 is 0. The molecule has 0 aromatic rings. The maximum absolute atomic E-state index is 5.54. The van der Waals surface area contributed by atoms with Gasteiger partial charge < -0.3 is 11.5 Å². The van der Waals surface area contributed by atoms with Crippen LogP contribution in [0.2, 0.25) is 0 Å². The molecule has 0 heterocycles. The summed E-state index contributed by atoms with van der Waals surface area (Å²) in [6.07, 6.45) is 16.3. The zero-order valence-electron chi connectivity index (χ0n) is 15.2. The number of unbranched alkanes of at least 4 members (excludes halogenated alkanes) is 6. The Bertz CT molecular complexity index is 294. The lowest BCUT2D eigenvalue weighted by Crippen LogP contribution is -2.02. The zero-order valence-corrected chi connectivity index (χ0v) is 15.2. The summed E-state index contributed by atoms with van der Waals surface area (Å²) in [5.74, 6) is 0.657. The van der Waals surface area contributed by atoms with Crippen LogP contribution in [0.1, 0.15) is 84.5 Å². The molecule has 0 fully saturated rings. The van der Waals surface area contributed by atoms with Gasteiger partial charge in [-0.3, -0.25) is 0 Å². The van der Waals surface area contributed by atoms with Gasteiger partial charge in [0, 0.05) is 0 Å². The second kappa shape index (κ2) is 15.3.